The maximum absolute atomic E-state index is 11.9. The first kappa shape index (κ1) is 16.2. The van der Waals surface area contributed by atoms with E-state index >= 15 is 0 Å². The zero-order valence-corrected chi connectivity index (χ0v) is 12.7. The van der Waals surface area contributed by atoms with Crippen LogP contribution in [0.25, 0.3) is 0 Å². The molecule has 1 aromatic carbocycles. The molecule has 110 valence electrons. The molecule has 2 amide bonds. The number of hydrogen-bond donors (Lipinski definition) is 3. The van der Waals surface area contributed by atoms with Gasteiger partial charge in [0.2, 0.25) is 11.8 Å². The first-order valence-electron chi connectivity index (χ1n) is 6.60. The Morgan fingerprint density at radius 1 is 1.20 bits per heavy atom. The number of carbonyl (C=O) groups excluding carboxylic acids is 2. The van der Waals surface area contributed by atoms with Crippen molar-refractivity contribution < 1.29 is 9.59 Å². The number of rotatable bonds is 3. The monoisotopic (exact) mass is 277 g/mol. The highest BCUT2D eigenvalue weighted by molar-refractivity contribution is 5.98. The van der Waals surface area contributed by atoms with E-state index in [2.05, 4.69) is 10.6 Å². The average Bonchev–Trinajstić information content (AvgIpc) is 2.31. The van der Waals surface area contributed by atoms with E-state index < -0.39 is 11.5 Å². The highest BCUT2D eigenvalue weighted by Crippen LogP contribution is 2.23. The molecule has 5 nitrogen and oxygen atoms in total. The molecule has 0 aliphatic heterocycles. The van der Waals surface area contributed by atoms with E-state index in [-0.39, 0.29) is 11.8 Å². The molecule has 0 saturated heterocycles. The smallest absolute Gasteiger partial charge is 0.241 e. The minimum absolute atomic E-state index is 0.0779. The van der Waals surface area contributed by atoms with Crippen molar-refractivity contribution in [1.29, 1.82) is 0 Å². The summed E-state index contributed by atoms with van der Waals surface area (Å²) < 4.78 is 0. The second-order valence-electron chi connectivity index (χ2n) is 6.01. The Hall–Kier alpha value is -1.88. The zero-order valence-electron chi connectivity index (χ0n) is 12.7. The van der Waals surface area contributed by atoms with Gasteiger partial charge in [-0.3, -0.25) is 9.59 Å². The molecular weight excluding hydrogens is 254 g/mol. The van der Waals surface area contributed by atoms with E-state index in [0.717, 1.165) is 5.56 Å². The summed E-state index contributed by atoms with van der Waals surface area (Å²) in [7, 11) is 0. The molecule has 20 heavy (non-hydrogen) atoms. The lowest BCUT2D eigenvalue weighted by atomic mass is 9.95. The van der Waals surface area contributed by atoms with Gasteiger partial charge in [0.15, 0.2) is 0 Å². The van der Waals surface area contributed by atoms with E-state index in [1.54, 1.807) is 19.1 Å². The predicted octanol–water partition coefficient (Wildman–Crippen LogP) is 2.27. The van der Waals surface area contributed by atoms with Crippen molar-refractivity contribution in [2.24, 2.45) is 11.1 Å². The summed E-state index contributed by atoms with van der Waals surface area (Å²) in [6, 6.07) is 4.80. The van der Waals surface area contributed by atoms with Crippen molar-refractivity contribution in [3.05, 3.63) is 23.8 Å². The van der Waals surface area contributed by atoms with Gasteiger partial charge in [0.1, 0.15) is 0 Å². The number of nitrogens with two attached hydrogens (primary N) is 1. The summed E-state index contributed by atoms with van der Waals surface area (Å²) in [6.45, 7) is 9.03. The van der Waals surface area contributed by atoms with Gasteiger partial charge in [-0.25, -0.2) is 0 Å². The molecule has 1 aromatic rings. The van der Waals surface area contributed by atoms with Crippen LogP contribution >= 0.6 is 0 Å². The average molecular weight is 277 g/mol. The fraction of sp³-hybridized carbons (Fsp3) is 0.467. The standard InChI is InChI=1S/C15H23N3O2/c1-9-6-7-11(17-14(20)15(3,4)5)8-12(9)18-13(19)10(2)16/h6-8,10H,16H2,1-5H3,(H,17,20)(H,18,19)/t10-/m0/s1. The number of aryl methyl sites for hydroxylation is 1. The van der Waals surface area contributed by atoms with Crippen molar-refractivity contribution >= 4 is 23.2 Å². The van der Waals surface area contributed by atoms with Crippen LogP contribution < -0.4 is 16.4 Å². The van der Waals surface area contributed by atoms with Crippen LogP contribution in [0.3, 0.4) is 0 Å². The second kappa shape index (κ2) is 6.05. The third-order valence-electron chi connectivity index (χ3n) is 2.85. The number of anilines is 2. The highest BCUT2D eigenvalue weighted by atomic mass is 16.2. The lowest BCUT2D eigenvalue weighted by Gasteiger charge is -2.18. The van der Waals surface area contributed by atoms with Gasteiger partial charge in [-0.1, -0.05) is 26.8 Å². The molecule has 4 N–H and O–H groups in total. The molecule has 0 heterocycles. The van der Waals surface area contributed by atoms with Gasteiger partial charge in [-0.15, -0.1) is 0 Å². The Morgan fingerprint density at radius 2 is 1.80 bits per heavy atom. The van der Waals surface area contributed by atoms with Crippen LogP contribution in [0.1, 0.15) is 33.3 Å². The van der Waals surface area contributed by atoms with E-state index in [1.165, 1.54) is 0 Å². The maximum Gasteiger partial charge on any atom is 0.241 e. The molecule has 0 bridgehead atoms. The van der Waals surface area contributed by atoms with Crippen LogP contribution in [0.5, 0.6) is 0 Å². The van der Waals surface area contributed by atoms with Crippen molar-refractivity contribution in [2.45, 2.75) is 40.7 Å². The van der Waals surface area contributed by atoms with Crippen LogP contribution in [0, 0.1) is 12.3 Å². The summed E-state index contributed by atoms with van der Waals surface area (Å²) in [5.74, 6) is -0.335. The normalized spacial score (nSPS) is 12.7. The minimum Gasteiger partial charge on any atom is -0.326 e. The van der Waals surface area contributed by atoms with Crippen LogP contribution in [0.2, 0.25) is 0 Å². The van der Waals surface area contributed by atoms with Gasteiger partial charge < -0.3 is 16.4 Å². The van der Waals surface area contributed by atoms with Crippen molar-refractivity contribution in [3.63, 3.8) is 0 Å². The Kier molecular flexibility index (Phi) is 4.89. The first-order chi connectivity index (χ1) is 9.11. The zero-order chi connectivity index (χ0) is 15.5. The SMILES string of the molecule is Cc1ccc(NC(=O)C(C)(C)C)cc1NC(=O)[C@H](C)N. The molecular formula is C15H23N3O2. The molecule has 0 aliphatic rings. The summed E-state index contributed by atoms with van der Waals surface area (Å²) >= 11 is 0. The lowest BCUT2D eigenvalue weighted by molar-refractivity contribution is -0.123. The second-order valence-corrected chi connectivity index (χ2v) is 6.01. The molecule has 1 atom stereocenters. The van der Waals surface area contributed by atoms with E-state index in [1.807, 2.05) is 33.8 Å². The van der Waals surface area contributed by atoms with Crippen LogP contribution in [-0.2, 0) is 9.59 Å². The third-order valence-corrected chi connectivity index (χ3v) is 2.85. The molecule has 0 spiro atoms. The Labute approximate surface area is 119 Å². The molecule has 0 saturated carbocycles. The van der Waals surface area contributed by atoms with Gasteiger partial charge in [0.25, 0.3) is 0 Å². The van der Waals surface area contributed by atoms with Gasteiger partial charge in [0.05, 0.1) is 6.04 Å². The lowest BCUT2D eigenvalue weighted by Crippen LogP contribution is -2.32. The van der Waals surface area contributed by atoms with E-state index in [9.17, 15) is 9.59 Å². The van der Waals surface area contributed by atoms with E-state index in [4.69, 9.17) is 5.73 Å². The largest absolute Gasteiger partial charge is 0.326 e. The highest BCUT2D eigenvalue weighted by Gasteiger charge is 2.21. The number of carbonyl (C=O) groups is 2. The van der Waals surface area contributed by atoms with Gasteiger partial charge in [-0.05, 0) is 31.5 Å². The molecule has 0 aliphatic carbocycles. The Bertz CT molecular complexity index is 516. The molecule has 5 heteroatoms. The van der Waals surface area contributed by atoms with Crippen molar-refractivity contribution in [2.75, 3.05) is 10.6 Å². The van der Waals surface area contributed by atoms with Crippen LogP contribution in [0.4, 0.5) is 11.4 Å². The molecule has 1 rings (SSSR count). The van der Waals surface area contributed by atoms with Gasteiger partial charge in [-0.2, -0.15) is 0 Å². The molecule has 0 unspecified atom stereocenters. The topological polar surface area (TPSA) is 84.2 Å². The summed E-state index contributed by atoms with van der Waals surface area (Å²) in [5, 5.41) is 5.58. The van der Waals surface area contributed by atoms with E-state index in [0.29, 0.717) is 11.4 Å². The summed E-state index contributed by atoms with van der Waals surface area (Å²) in [5.41, 5.74) is 7.27. The number of amides is 2. The summed E-state index contributed by atoms with van der Waals surface area (Å²) in [4.78, 5) is 23.6. The Morgan fingerprint density at radius 3 is 2.30 bits per heavy atom. The number of benzene rings is 1. The molecule has 0 fully saturated rings. The van der Waals surface area contributed by atoms with Crippen LogP contribution in [-0.4, -0.2) is 17.9 Å². The predicted molar refractivity (Wildman–Crippen MR) is 81.5 cm³/mol. The van der Waals surface area contributed by atoms with Crippen LogP contribution in [0.15, 0.2) is 18.2 Å². The summed E-state index contributed by atoms with van der Waals surface area (Å²) in [6.07, 6.45) is 0. The molecule has 0 radical (unpaired) electrons. The van der Waals surface area contributed by atoms with Gasteiger partial charge in [0, 0.05) is 16.8 Å². The fourth-order valence-electron chi connectivity index (χ4n) is 1.40. The maximum atomic E-state index is 11.9. The minimum atomic E-state index is -0.581. The first-order valence-corrected chi connectivity index (χ1v) is 6.60. The molecule has 0 aromatic heterocycles. The third kappa shape index (κ3) is 4.35. The van der Waals surface area contributed by atoms with Crippen molar-refractivity contribution in [1.82, 2.24) is 0 Å². The Balaban J connectivity index is 2.92. The number of nitrogens with one attached hydrogen (secondary N) is 2. The quantitative estimate of drug-likeness (QED) is 0.792. The van der Waals surface area contributed by atoms with Gasteiger partial charge >= 0.3 is 0 Å². The van der Waals surface area contributed by atoms with Crippen molar-refractivity contribution in [3.8, 4) is 0 Å². The number of hydrogen-bond acceptors (Lipinski definition) is 3. The fourth-order valence-corrected chi connectivity index (χ4v) is 1.40.